The van der Waals surface area contributed by atoms with Crippen molar-refractivity contribution in [2.45, 2.75) is 19.9 Å². The topological polar surface area (TPSA) is 57.0 Å². The molecule has 0 fully saturated rings. The van der Waals surface area contributed by atoms with Gasteiger partial charge in [-0.25, -0.2) is 4.68 Å². The Hall–Kier alpha value is -2.69. The molecule has 5 nitrogen and oxygen atoms in total. The number of fused-ring (bicyclic) bond motifs is 1. The highest BCUT2D eigenvalue weighted by Crippen LogP contribution is 2.26. The Balaban J connectivity index is 2.32. The van der Waals surface area contributed by atoms with E-state index in [1.165, 1.54) is 4.68 Å². The van der Waals surface area contributed by atoms with Gasteiger partial charge < -0.3 is 4.74 Å². The normalized spacial score (nSPS) is 11.1. The molecule has 0 aliphatic rings. The van der Waals surface area contributed by atoms with Crippen LogP contribution in [0.25, 0.3) is 22.2 Å². The predicted molar refractivity (Wildman–Crippen MR) is 86.2 cm³/mol. The summed E-state index contributed by atoms with van der Waals surface area (Å²) in [5, 5.41) is 5.31. The summed E-state index contributed by atoms with van der Waals surface area (Å²) in [7, 11) is 1.63. The number of hydrogen-bond acceptors (Lipinski definition) is 4. The number of hydrogen-bond donors (Lipinski definition) is 0. The zero-order valence-electron chi connectivity index (χ0n) is 12.8. The lowest BCUT2D eigenvalue weighted by atomic mass is 10.1. The molecule has 112 valence electrons. The fourth-order valence-electron chi connectivity index (χ4n) is 2.39. The third-order valence-corrected chi connectivity index (χ3v) is 3.53. The van der Waals surface area contributed by atoms with Crippen molar-refractivity contribution >= 4 is 10.9 Å². The second kappa shape index (κ2) is 5.60. The van der Waals surface area contributed by atoms with Crippen LogP contribution in [0.15, 0.2) is 47.4 Å². The second-order valence-electron chi connectivity index (χ2n) is 5.32. The summed E-state index contributed by atoms with van der Waals surface area (Å²) in [5.74, 6) is 0.781. The lowest BCUT2D eigenvalue weighted by Crippen LogP contribution is -2.26. The molecule has 3 aromatic rings. The first-order chi connectivity index (χ1) is 10.6. The monoisotopic (exact) mass is 295 g/mol. The van der Waals surface area contributed by atoms with Crippen LogP contribution in [0.1, 0.15) is 19.9 Å². The summed E-state index contributed by atoms with van der Waals surface area (Å²) in [4.78, 5) is 16.7. The van der Waals surface area contributed by atoms with Gasteiger partial charge in [-0.3, -0.25) is 9.78 Å². The molecule has 1 aromatic carbocycles. The maximum Gasteiger partial charge on any atom is 0.293 e. The minimum absolute atomic E-state index is 0.0316. The first kappa shape index (κ1) is 14.3. The van der Waals surface area contributed by atoms with Crippen LogP contribution in [0.5, 0.6) is 5.75 Å². The van der Waals surface area contributed by atoms with Crippen LogP contribution < -0.4 is 10.3 Å². The van der Waals surface area contributed by atoms with Gasteiger partial charge >= 0.3 is 0 Å². The maximum atomic E-state index is 12.5. The fraction of sp³-hybridized carbons (Fsp3) is 0.235. The lowest BCUT2D eigenvalue weighted by molar-refractivity contribution is 0.415. The Bertz CT molecular complexity index is 867. The molecule has 0 N–H and O–H groups in total. The minimum Gasteiger partial charge on any atom is -0.497 e. The van der Waals surface area contributed by atoms with Gasteiger partial charge in [-0.15, -0.1) is 0 Å². The number of pyridine rings is 1. The van der Waals surface area contributed by atoms with E-state index in [1.54, 1.807) is 13.3 Å². The van der Waals surface area contributed by atoms with Crippen LogP contribution >= 0.6 is 0 Å². The van der Waals surface area contributed by atoms with Gasteiger partial charge in [0.15, 0.2) is 0 Å². The molecule has 2 aromatic heterocycles. The molecular formula is C17H17N3O2. The smallest absolute Gasteiger partial charge is 0.293 e. The van der Waals surface area contributed by atoms with Crippen LogP contribution in [0.3, 0.4) is 0 Å². The number of rotatable bonds is 3. The summed E-state index contributed by atoms with van der Waals surface area (Å²) >= 11 is 0. The van der Waals surface area contributed by atoms with Crippen molar-refractivity contribution in [1.29, 1.82) is 0 Å². The van der Waals surface area contributed by atoms with E-state index >= 15 is 0 Å². The first-order valence-electron chi connectivity index (χ1n) is 7.14. The summed E-state index contributed by atoms with van der Waals surface area (Å²) in [6, 6.07) is 11.3. The van der Waals surface area contributed by atoms with E-state index < -0.39 is 0 Å². The molecule has 0 aliphatic heterocycles. The molecule has 0 spiro atoms. The number of benzene rings is 1. The van der Waals surface area contributed by atoms with Crippen LogP contribution in [0.4, 0.5) is 0 Å². The number of ether oxygens (including phenoxy) is 1. The van der Waals surface area contributed by atoms with Crippen molar-refractivity contribution < 1.29 is 4.74 Å². The Morgan fingerprint density at radius 2 is 1.86 bits per heavy atom. The SMILES string of the molecule is COc1ccc(-c2nn(C(C)C)c(=O)c3ncccc23)cc1. The quantitative estimate of drug-likeness (QED) is 0.745. The first-order valence-corrected chi connectivity index (χ1v) is 7.14. The van der Waals surface area contributed by atoms with Gasteiger partial charge in [0.25, 0.3) is 5.56 Å². The molecule has 0 radical (unpaired) electrons. The highest BCUT2D eigenvalue weighted by Gasteiger charge is 2.14. The molecule has 0 aliphatic carbocycles. The van der Waals surface area contributed by atoms with Crippen LogP contribution in [0, 0.1) is 0 Å². The van der Waals surface area contributed by atoms with Crippen LogP contribution in [-0.4, -0.2) is 21.9 Å². The van der Waals surface area contributed by atoms with E-state index in [2.05, 4.69) is 10.1 Å². The molecule has 0 saturated heterocycles. The van der Waals surface area contributed by atoms with E-state index in [-0.39, 0.29) is 11.6 Å². The molecule has 22 heavy (non-hydrogen) atoms. The number of methoxy groups -OCH3 is 1. The average Bonchev–Trinajstić information content (AvgIpc) is 2.55. The van der Waals surface area contributed by atoms with Crippen molar-refractivity contribution in [3.05, 3.63) is 52.9 Å². The zero-order chi connectivity index (χ0) is 15.7. The van der Waals surface area contributed by atoms with Gasteiger partial charge in [0.05, 0.1) is 13.2 Å². The van der Waals surface area contributed by atoms with Crippen LogP contribution in [-0.2, 0) is 0 Å². The van der Waals surface area contributed by atoms with E-state index in [0.717, 1.165) is 22.4 Å². The van der Waals surface area contributed by atoms with Crippen molar-refractivity contribution in [3.8, 4) is 17.0 Å². The predicted octanol–water partition coefficient (Wildman–Crippen LogP) is 3.05. The standard InChI is InChI=1S/C17H17N3O2/c1-11(2)20-17(21)16-14(5-4-10-18-16)15(19-20)12-6-8-13(22-3)9-7-12/h4-11H,1-3H3. The van der Waals surface area contributed by atoms with Gasteiger partial charge in [-0.1, -0.05) is 0 Å². The fourth-order valence-corrected chi connectivity index (χ4v) is 2.39. The zero-order valence-corrected chi connectivity index (χ0v) is 12.8. The summed E-state index contributed by atoms with van der Waals surface area (Å²) in [5.41, 5.74) is 1.95. The average molecular weight is 295 g/mol. The molecule has 0 unspecified atom stereocenters. The Labute approximate surface area is 128 Å². The van der Waals surface area contributed by atoms with Crippen molar-refractivity contribution in [2.75, 3.05) is 7.11 Å². The van der Waals surface area contributed by atoms with Crippen LogP contribution in [0.2, 0.25) is 0 Å². The number of aromatic nitrogens is 3. The van der Waals surface area contributed by atoms with Crippen molar-refractivity contribution in [2.24, 2.45) is 0 Å². The van der Waals surface area contributed by atoms with Crippen molar-refractivity contribution in [1.82, 2.24) is 14.8 Å². The highest BCUT2D eigenvalue weighted by molar-refractivity contribution is 5.91. The summed E-state index contributed by atoms with van der Waals surface area (Å²) in [6.45, 7) is 3.86. The molecule has 3 rings (SSSR count). The minimum atomic E-state index is -0.164. The van der Waals surface area contributed by atoms with Gasteiger partial charge in [0.2, 0.25) is 0 Å². The van der Waals surface area contributed by atoms with Gasteiger partial charge in [-0.2, -0.15) is 5.10 Å². The van der Waals surface area contributed by atoms with Gasteiger partial charge in [0, 0.05) is 17.1 Å². The molecule has 2 heterocycles. The van der Waals surface area contributed by atoms with E-state index in [1.807, 2.05) is 50.2 Å². The van der Waals surface area contributed by atoms with E-state index in [9.17, 15) is 4.79 Å². The third-order valence-electron chi connectivity index (χ3n) is 3.53. The molecule has 0 amide bonds. The molecular weight excluding hydrogens is 278 g/mol. The largest absolute Gasteiger partial charge is 0.497 e. The molecule has 5 heteroatoms. The Morgan fingerprint density at radius 3 is 2.50 bits per heavy atom. The van der Waals surface area contributed by atoms with E-state index in [4.69, 9.17) is 4.74 Å². The summed E-state index contributed by atoms with van der Waals surface area (Å²) in [6.07, 6.45) is 1.63. The number of nitrogens with zero attached hydrogens (tertiary/aromatic N) is 3. The highest BCUT2D eigenvalue weighted by atomic mass is 16.5. The van der Waals surface area contributed by atoms with Crippen molar-refractivity contribution in [3.63, 3.8) is 0 Å². The maximum absolute atomic E-state index is 12.5. The molecule has 0 saturated carbocycles. The third kappa shape index (κ3) is 2.35. The molecule has 0 bridgehead atoms. The summed E-state index contributed by atoms with van der Waals surface area (Å²) < 4.78 is 6.67. The van der Waals surface area contributed by atoms with E-state index in [0.29, 0.717) is 5.52 Å². The molecule has 0 atom stereocenters. The second-order valence-corrected chi connectivity index (χ2v) is 5.32. The Morgan fingerprint density at radius 1 is 1.14 bits per heavy atom. The Kier molecular flexibility index (Phi) is 3.63. The van der Waals surface area contributed by atoms with Gasteiger partial charge in [-0.05, 0) is 50.2 Å². The lowest BCUT2D eigenvalue weighted by Gasteiger charge is -2.13. The van der Waals surface area contributed by atoms with Gasteiger partial charge in [0.1, 0.15) is 17.0 Å².